The van der Waals surface area contributed by atoms with Crippen LogP contribution in [0, 0.1) is 12.8 Å². The Morgan fingerprint density at radius 2 is 1.80 bits per heavy atom. The maximum Gasteiger partial charge on any atom is 0.319 e. The van der Waals surface area contributed by atoms with Crippen LogP contribution in [0.3, 0.4) is 0 Å². The molecule has 1 aliphatic rings. The van der Waals surface area contributed by atoms with Gasteiger partial charge in [-0.15, -0.1) is 0 Å². The Morgan fingerprint density at radius 1 is 1.15 bits per heavy atom. The summed E-state index contributed by atoms with van der Waals surface area (Å²) < 4.78 is 0. The summed E-state index contributed by atoms with van der Waals surface area (Å²) in [6.07, 6.45) is 2.70. The van der Waals surface area contributed by atoms with Gasteiger partial charge in [0.25, 0.3) is 0 Å². The monoisotopic (exact) mass is 276 g/mol. The Balaban J connectivity index is 1.81. The molecule has 0 radical (unpaired) electrons. The summed E-state index contributed by atoms with van der Waals surface area (Å²) in [4.78, 5) is 22.8. The predicted octanol–water partition coefficient (Wildman–Crippen LogP) is 2.76. The van der Waals surface area contributed by atoms with E-state index in [2.05, 4.69) is 10.6 Å². The first-order valence-corrected chi connectivity index (χ1v) is 6.92. The lowest BCUT2D eigenvalue weighted by molar-refractivity contribution is -0.142. The molecule has 5 heteroatoms. The van der Waals surface area contributed by atoms with Crippen molar-refractivity contribution in [3.8, 4) is 0 Å². The summed E-state index contributed by atoms with van der Waals surface area (Å²) >= 11 is 0. The molecule has 0 saturated heterocycles. The Hall–Kier alpha value is -2.04. The van der Waals surface area contributed by atoms with E-state index in [1.165, 1.54) is 0 Å². The van der Waals surface area contributed by atoms with E-state index in [0.29, 0.717) is 12.8 Å². The number of amides is 2. The van der Waals surface area contributed by atoms with Gasteiger partial charge in [0.1, 0.15) is 0 Å². The summed E-state index contributed by atoms with van der Waals surface area (Å²) in [6.45, 7) is 1.94. The molecule has 3 N–H and O–H groups in total. The average Bonchev–Trinajstić information content (AvgIpc) is 2.42. The molecular formula is C15H20N2O3. The lowest BCUT2D eigenvalue weighted by Crippen LogP contribution is -2.41. The van der Waals surface area contributed by atoms with Gasteiger partial charge in [0.05, 0.1) is 5.92 Å². The highest BCUT2D eigenvalue weighted by atomic mass is 16.4. The van der Waals surface area contributed by atoms with Crippen LogP contribution in [0.2, 0.25) is 0 Å². The normalized spacial score (nSPS) is 22.1. The summed E-state index contributed by atoms with van der Waals surface area (Å²) in [5.74, 6) is -0.986. The van der Waals surface area contributed by atoms with E-state index < -0.39 is 5.97 Å². The smallest absolute Gasteiger partial charge is 0.319 e. The van der Waals surface area contributed by atoms with Crippen LogP contribution in [-0.2, 0) is 4.79 Å². The highest BCUT2D eigenvalue weighted by Crippen LogP contribution is 2.24. The van der Waals surface area contributed by atoms with Crippen LogP contribution in [0.1, 0.15) is 31.2 Å². The van der Waals surface area contributed by atoms with Gasteiger partial charge in [0.15, 0.2) is 0 Å². The molecule has 20 heavy (non-hydrogen) atoms. The number of hydrogen-bond acceptors (Lipinski definition) is 2. The van der Waals surface area contributed by atoms with Crippen LogP contribution < -0.4 is 10.6 Å². The second-order valence-corrected chi connectivity index (χ2v) is 5.30. The zero-order chi connectivity index (χ0) is 14.5. The van der Waals surface area contributed by atoms with Crippen molar-refractivity contribution in [1.29, 1.82) is 0 Å². The van der Waals surface area contributed by atoms with Crippen LogP contribution in [0.25, 0.3) is 0 Å². The van der Waals surface area contributed by atoms with Crippen molar-refractivity contribution in [3.05, 3.63) is 29.8 Å². The number of urea groups is 1. The number of carbonyl (C=O) groups is 2. The second kappa shape index (κ2) is 6.41. The third-order valence-electron chi connectivity index (χ3n) is 3.80. The molecule has 108 valence electrons. The molecule has 1 aromatic rings. The molecule has 2 amide bonds. The van der Waals surface area contributed by atoms with Crippen LogP contribution in [0.5, 0.6) is 0 Å². The van der Waals surface area contributed by atoms with Crippen molar-refractivity contribution >= 4 is 17.7 Å². The van der Waals surface area contributed by atoms with Gasteiger partial charge in [0, 0.05) is 11.7 Å². The van der Waals surface area contributed by atoms with E-state index in [-0.39, 0.29) is 18.0 Å². The maximum absolute atomic E-state index is 11.9. The number of carboxylic acid groups (broad SMARTS) is 1. The Labute approximate surface area is 118 Å². The molecule has 1 aliphatic carbocycles. The predicted molar refractivity (Wildman–Crippen MR) is 76.7 cm³/mol. The molecule has 0 unspecified atom stereocenters. The SMILES string of the molecule is Cc1ccccc1NC(=O)NC1CCC(C(=O)O)CC1. The van der Waals surface area contributed by atoms with E-state index in [0.717, 1.165) is 24.1 Å². The van der Waals surface area contributed by atoms with E-state index in [1.807, 2.05) is 31.2 Å². The van der Waals surface area contributed by atoms with Crippen molar-refractivity contribution in [2.45, 2.75) is 38.6 Å². The first-order chi connectivity index (χ1) is 9.56. The molecule has 5 nitrogen and oxygen atoms in total. The number of benzene rings is 1. The van der Waals surface area contributed by atoms with Crippen LogP contribution in [0.4, 0.5) is 10.5 Å². The van der Waals surface area contributed by atoms with Gasteiger partial charge in [0.2, 0.25) is 0 Å². The van der Waals surface area contributed by atoms with Crippen molar-refractivity contribution in [1.82, 2.24) is 5.32 Å². The number of anilines is 1. The quantitative estimate of drug-likeness (QED) is 0.794. The Bertz CT molecular complexity index is 494. The van der Waals surface area contributed by atoms with Gasteiger partial charge in [-0.2, -0.15) is 0 Å². The molecule has 1 saturated carbocycles. The Kier molecular flexibility index (Phi) is 4.61. The summed E-state index contributed by atoms with van der Waals surface area (Å²) in [5.41, 5.74) is 1.81. The van der Waals surface area contributed by atoms with E-state index in [1.54, 1.807) is 0 Å². The molecule has 0 aromatic heterocycles. The van der Waals surface area contributed by atoms with Gasteiger partial charge in [-0.3, -0.25) is 4.79 Å². The molecule has 0 bridgehead atoms. The fourth-order valence-corrected chi connectivity index (χ4v) is 2.54. The van der Waals surface area contributed by atoms with Gasteiger partial charge < -0.3 is 15.7 Å². The number of aliphatic carboxylic acids is 1. The molecule has 2 rings (SSSR count). The minimum Gasteiger partial charge on any atom is -0.481 e. The van der Waals surface area contributed by atoms with Gasteiger partial charge in [-0.1, -0.05) is 18.2 Å². The maximum atomic E-state index is 11.9. The highest BCUT2D eigenvalue weighted by molar-refractivity contribution is 5.90. The van der Waals surface area contributed by atoms with E-state index in [9.17, 15) is 9.59 Å². The number of aryl methyl sites for hydroxylation is 1. The van der Waals surface area contributed by atoms with Gasteiger partial charge in [-0.25, -0.2) is 4.79 Å². The molecule has 0 spiro atoms. The molecule has 0 aliphatic heterocycles. The standard InChI is InChI=1S/C15H20N2O3/c1-10-4-2-3-5-13(10)17-15(20)16-12-8-6-11(7-9-12)14(18)19/h2-5,11-12H,6-9H2,1H3,(H,18,19)(H2,16,17,20). The number of hydrogen-bond donors (Lipinski definition) is 3. The van der Waals surface area contributed by atoms with Crippen molar-refractivity contribution in [2.75, 3.05) is 5.32 Å². The lowest BCUT2D eigenvalue weighted by atomic mass is 9.86. The van der Waals surface area contributed by atoms with Crippen LogP contribution in [0.15, 0.2) is 24.3 Å². The zero-order valence-electron chi connectivity index (χ0n) is 11.6. The number of nitrogens with one attached hydrogen (secondary N) is 2. The summed E-state index contributed by atoms with van der Waals surface area (Å²) in [6, 6.07) is 7.43. The molecular weight excluding hydrogens is 256 g/mol. The number of carboxylic acids is 1. The lowest BCUT2D eigenvalue weighted by Gasteiger charge is -2.26. The molecule has 1 fully saturated rings. The summed E-state index contributed by atoms with van der Waals surface area (Å²) in [7, 11) is 0. The minimum atomic E-state index is -0.729. The van der Waals surface area contributed by atoms with Crippen molar-refractivity contribution in [2.24, 2.45) is 5.92 Å². The third-order valence-corrected chi connectivity index (χ3v) is 3.80. The fraction of sp³-hybridized carbons (Fsp3) is 0.467. The van der Waals surface area contributed by atoms with E-state index in [4.69, 9.17) is 5.11 Å². The number of para-hydroxylation sites is 1. The van der Waals surface area contributed by atoms with Crippen LogP contribution >= 0.6 is 0 Å². The minimum absolute atomic E-state index is 0.0645. The zero-order valence-corrected chi connectivity index (χ0v) is 11.6. The van der Waals surface area contributed by atoms with Crippen molar-refractivity contribution < 1.29 is 14.7 Å². The van der Waals surface area contributed by atoms with Crippen LogP contribution in [-0.4, -0.2) is 23.1 Å². The number of carbonyl (C=O) groups excluding carboxylic acids is 1. The molecule has 1 aromatic carbocycles. The topological polar surface area (TPSA) is 78.4 Å². The first-order valence-electron chi connectivity index (χ1n) is 6.92. The van der Waals surface area contributed by atoms with Gasteiger partial charge >= 0.3 is 12.0 Å². The fourth-order valence-electron chi connectivity index (χ4n) is 2.54. The highest BCUT2D eigenvalue weighted by Gasteiger charge is 2.26. The first kappa shape index (κ1) is 14.4. The third kappa shape index (κ3) is 3.73. The number of rotatable bonds is 3. The van der Waals surface area contributed by atoms with Gasteiger partial charge in [-0.05, 0) is 44.2 Å². The van der Waals surface area contributed by atoms with Crippen molar-refractivity contribution in [3.63, 3.8) is 0 Å². The van der Waals surface area contributed by atoms with E-state index >= 15 is 0 Å². The Morgan fingerprint density at radius 3 is 2.40 bits per heavy atom. The summed E-state index contributed by atoms with van der Waals surface area (Å²) in [5, 5.41) is 14.7. The second-order valence-electron chi connectivity index (χ2n) is 5.30. The molecule has 0 heterocycles. The average molecular weight is 276 g/mol. The molecule has 0 atom stereocenters. The largest absolute Gasteiger partial charge is 0.481 e.